The van der Waals surface area contributed by atoms with Crippen LogP contribution < -0.4 is 0 Å². The van der Waals surface area contributed by atoms with Crippen molar-refractivity contribution in [3.8, 4) is 0 Å². The van der Waals surface area contributed by atoms with Gasteiger partial charge in [0.1, 0.15) is 5.60 Å². The molecule has 1 aliphatic heterocycles. The summed E-state index contributed by atoms with van der Waals surface area (Å²) in [5.74, 6) is 1.12. The molecule has 4 heteroatoms. The van der Waals surface area contributed by atoms with Crippen molar-refractivity contribution >= 4 is 17.9 Å². The summed E-state index contributed by atoms with van der Waals surface area (Å²) in [6.45, 7) is 6.55. The number of ether oxygens (including phenoxy) is 1. The number of nitrogens with zero attached hydrogens (tertiary/aromatic N) is 1. The minimum Gasteiger partial charge on any atom is -0.444 e. The Labute approximate surface area is 90.2 Å². The second kappa shape index (κ2) is 4.43. The predicted octanol–water partition coefficient (Wildman–Crippen LogP) is 2.36. The molecule has 1 heterocycles. The van der Waals surface area contributed by atoms with E-state index in [1.807, 2.05) is 32.5 Å². The fraction of sp³-hybridized carbons (Fsp3) is 0.900. The van der Waals surface area contributed by atoms with Gasteiger partial charge in [-0.1, -0.05) is 0 Å². The molecule has 1 unspecified atom stereocenters. The highest BCUT2D eigenvalue weighted by Gasteiger charge is 2.40. The Balaban J connectivity index is 2.22. The molecule has 0 aromatic carbocycles. The van der Waals surface area contributed by atoms with Crippen molar-refractivity contribution in [3.05, 3.63) is 0 Å². The maximum absolute atomic E-state index is 11.5. The van der Waals surface area contributed by atoms with Gasteiger partial charge in [0, 0.05) is 6.54 Å². The smallest absolute Gasteiger partial charge is 0.410 e. The fourth-order valence-corrected chi connectivity index (χ4v) is 1.73. The van der Waals surface area contributed by atoms with Crippen molar-refractivity contribution in [2.24, 2.45) is 0 Å². The summed E-state index contributed by atoms with van der Waals surface area (Å²) in [5, 5.41) is 0. The lowest BCUT2D eigenvalue weighted by molar-refractivity contribution is 0.0406. The SMILES string of the molecule is CSCCC1CN1C(=O)OC(C)(C)C. The summed E-state index contributed by atoms with van der Waals surface area (Å²) < 4.78 is 5.25. The van der Waals surface area contributed by atoms with Crippen LogP contribution >= 0.6 is 11.8 Å². The zero-order chi connectivity index (χ0) is 10.8. The highest BCUT2D eigenvalue weighted by Crippen LogP contribution is 2.25. The lowest BCUT2D eigenvalue weighted by Gasteiger charge is -2.19. The summed E-state index contributed by atoms with van der Waals surface area (Å²) in [6.07, 6.45) is 3.00. The monoisotopic (exact) mass is 217 g/mol. The van der Waals surface area contributed by atoms with E-state index >= 15 is 0 Å². The number of carbonyl (C=O) groups is 1. The second-order valence-corrected chi connectivity index (χ2v) is 5.55. The van der Waals surface area contributed by atoms with Gasteiger partial charge >= 0.3 is 6.09 Å². The molecule has 0 aromatic rings. The summed E-state index contributed by atoms with van der Waals surface area (Å²) in [5.41, 5.74) is -0.371. The average molecular weight is 217 g/mol. The van der Waals surface area contributed by atoms with E-state index in [0.717, 1.165) is 18.7 Å². The first-order valence-electron chi connectivity index (χ1n) is 4.92. The van der Waals surface area contributed by atoms with Crippen LogP contribution in [0.5, 0.6) is 0 Å². The molecule has 0 radical (unpaired) electrons. The Morgan fingerprint density at radius 3 is 2.71 bits per heavy atom. The molecular formula is C10H19NO2S. The topological polar surface area (TPSA) is 29.3 Å². The summed E-state index contributed by atoms with van der Waals surface area (Å²) in [6, 6.07) is 0.428. The molecular weight excluding hydrogens is 198 g/mol. The maximum Gasteiger partial charge on any atom is 0.410 e. The number of carbonyl (C=O) groups excluding carboxylic acids is 1. The highest BCUT2D eigenvalue weighted by atomic mass is 32.2. The third-order valence-corrected chi connectivity index (χ3v) is 2.64. The molecule has 82 valence electrons. The molecule has 0 aliphatic carbocycles. The van der Waals surface area contributed by atoms with Crippen LogP contribution in [0.1, 0.15) is 27.2 Å². The zero-order valence-electron chi connectivity index (χ0n) is 9.37. The van der Waals surface area contributed by atoms with Crippen molar-refractivity contribution in [2.75, 3.05) is 18.6 Å². The Kier molecular flexibility index (Phi) is 3.70. The first-order valence-corrected chi connectivity index (χ1v) is 6.32. The van der Waals surface area contributed by atoms with Gasteiger partial charge in [0.05, 0.1) is 6.04 Å². The van der Waals surface area contributed by atoms with Crippen molar-refractivity contribution in [1.29, 1.82) is 0 Å². The second-order valence-electron chi connectivity index (χ2n) is 4.57. The molecule has 3 nitrogen and oxygen atoms in total. The average Bonchev–Trinajstić information content (AvgIpc) is 2.76. The molecule has 1 saturated heterocycles. The first kappa shape index (κ1) is 11.7. The minimum absolute atomic E-state index is 0.163. The molecule has 0 aromatic heterocycles. The number of rotatable bonds is 3. The van der Waals surface area contributed by atoms with Crippen LogP contribution in [0.3, 0.4) is 0 Å². The highest BCUT2D eigenvalue weighted by molar-refractivity contribution is 7.98. The third-order valence-electron chi connectivity index (χ3n) is 2.00. The summed E-state index contributed by atoms with van der Waals surface area (Å²) in [7, 11) is 0. The van der Waals surface area contributed by atoms with E-state index in [-0.39, 0.29) is 11.7 Å². The van der Waals surface area contributed by atoms with Gasteiger partial charge in [-0.25, -0.2) is 4.79 Å². The van der Waals surface area contributed by atoms with E-state index in [4.69, 9.17) is 4.74 Å². The molecule has 1 aliphatic rings. The summed E-state index contributed by atoms with van der Waals surface area (Å²) in [4.78, 5) is 13.3. The van der Waals surface area contributed by atoms with E-state index in [2.05, 4.69) is 6.26 Å². The number of hydrogen-bond acceptors (Lipinski definition) is 3. The van der Waals surface area contributed by atoms with E-state index in [9.17, 15) is 4.79 Å². The quantitative estimate of drug-likeness (QED) is 0.680. The van der Waals surface area contributed by atoms with Crippen molar-refractivity contribution in [2.45, 2.75) is 38.8 Å². The van der Waals surface area contributed by atoms with Crippen molar-refractivity contribution in [3.63, 3.8) is 0 Å². The van der Waals surface area contributed by atoms with Crippen LogP contribution in [0.25, 0.3) is 0 Å². The van der Waals surface area contributed by atoms with E-state index in [1.165, 1.54) is 0 Å². The molecule has 14 heavy (non-hydrogen) atoms. The van der Waals surface area contributed by atoms with Gasteiger partial charge < -0.3 is 9.64 Å². The van der Waals surface area contributed by atoms with Gasteiger partial charge in [-0.3, -0.25) is 0 Å². The third kappa shape index (κ3) is 3.78. The van der Waals surface area contributed by atoms with Crippen LogP contribution in [-0.2, 0) is 4.74 Å². The number of amides is 1. The molecule has 1 rings (SSSR count). The number of hydrogen-bond donors (Lipinski definition) is 0. The number of thioether (sulfide) groups is 1. The Morgan fingerprint density at radius 2 is 2.21 bits per heavy atom. The van der Waals surface area contributed by atoms with Crippen LogP contribution in [0.2, 0.25) is 0 Å². The Morgan fingerprint density at radius 1 is 1.57 bits per heavy atom. The molecule has 1 amide bonds. The molecule has 1 fully saturated rings. The predicted molar refractivity (Wildman–Crippen MR) is 59.7 cm³/mol. The fourth-order valence-electron chi connectivity index (χ4n) is 1.23. The van der Waals surface area contributed by atoms with Gasteiger partial charge in [0.25, 0.3) is 0 Å². The minimum atomic E-state index is -0.371. The van der Waals surface area contributed by atoms with E-state index < -0.39 is 0 Å². The molecule has 0 saturated carbocycles. The zero-order valence-corrected chi connectivity index (χ0v) is 10.2. The van der Waals surface area contributed by atoms with Crippen LogP contribution in [0, 0.1) is 0 Å². The molecule has 0 spiro atoms. The molecule has 0 bridgehead atoms. The molecule has 1 atom stereocenters. The normalized spacial score (nSPS) is 20.9. The Hall–Kier alpha value is -0.380. The van der Waals surface area contributed by atoms with Crippen molar-refractivity contribution in [1.82, 2.24) is 4.90 Å². The maximum atomic E-state index is 11.5. The summed E-state index contributed by atoms with van der Waals surface area (Å²) >= 11 is 1.82. The van der Waals surface area contributed by atoms with Crippen LogP contribution in [-0.4, -0.2) is 41.2 Å². The van der Waals surface area contributed by atoms with Gasteiger partial charge in [-0.05, 0) is 39.2 Å². The van der Waals surface area contributed by atoms with Crippen molar-refractivity contribution < 1.29 is 9.53 Å². The lowest BCUT2D eigenvalue weighted by Crippen LogP contribution is -2.27. The first-order chi connectivity index (χ1) is 6.44. The van der Waals surface area contributed by atoms with Crippen LogP contribution in [0.4, 0.5) is 4.79 Å². The van der Waals surface area contributed by atoms with Gasteiger partial charge in [0.15, 0.2) is 0 Å². The van der Waals surface area contributed by atoms with Gasteiger partial charge in [-0.15, -0.1) is 0 Å². The lowest BCUT2D eigenvalue weighted by atomic mass is 10.2. The van der Waals surface area contributed by atoms with Crippen LogP contribution in [0.15, 0.2) is 0 Å². The Bertz CT molecular complexity index is 213. The van der Waals surface area contributed by atoms with Gasteiger partial charge in [-0.2, -0.15) is 11.8 Å². The van der Waals surface area contributed by atoms with E-state index in [1.54, 1.807) is 4.90 Å². The molecule has 0 N–H and O–H groups in total. The van der Waals surface area contributed by atoms with Gasteiger partial charge in [0.2, 0.25) is 0 Å². The van der Waals surface area contributed by atoms with E-state index in [0.29, 0.717) is 6.04 Å². The largest absolute Gasteiger partial charge is 0.444 e. The standard InChI is InChI=1S/C10H19NO2S/c1-10(2,3)13-9(12)11-7-8(11)5-6-14-4/h8H,5-7H2,1-4H3.